The Morgan fingerprint density at radius 2 is 1.57 bits per heavy atom. The van der Waals surface area contributed by atoms with E-state index in [1.54, 1.807) is 18.2 Å². The summed E-state index contributed by atoms with van der Waals surface area (Å²) in [5.74, 6) is 0. The molecule has 0 aliphatic heterocycles. The lowest BCUT2D eigenvalue weighted by molar-refractivity contribution is 0.125. The molecule has 124 valence electrons. The molecule has 0 spiro atoms. The molecule has 2 aromatic rings. The van der Waals surface area contributed by atoms with Crippen molar-refractivity contribution in [2.24, 2.45) is 5.73 Å². The van der Waals surface area contributed by atoms with E-state index in [4.69, 9.17) is 5.73 Å². The molecule has 0 saturated heterocycles. The van der Waals surface area contributed by atoms with E-state index < -0.39 is 22.2 Å². The minimum atomic E-state index is -3.62. The van der Waals surface area contributed by atoms with Crippen molar-refractivity contribution in [3.05, 3.63) is 66.2 Å². The van der Waals surface area contributed by atoms with Gasteiger partial charge in [-0.15, -0.1) is 0 Å². The molecule has 5 nitrogen and oxygen atoms in total. The fourth-order valence-electron chi connectivity index (χ4n) is 2.29. The van der Waals surface area contributed by atoms with E-state index >= 15 is 0 Å². The van der Waals surface area contributed by atoms with Crippen LogP contribution in [0.15, 0.2) is 65.6 Å². The normalized spacial score (nSPS) is 14.6. The third kappa shape index (κ3) is 4.62. The monoisotopic (exact) mass is 334 g/mol. The second-order valence-electron chi connectivity index (χ2n) is 5.52. The molecule has 0 aliphatic carbocycles. The van der Waals surface area contributed by atoms with E-state index in [0.29, 0.717) is 6.42 Å². The number of nitrogens with two attached hydrogens (primary N) is 1. The molecule has 0 aliphatic rings. The minimum absolute atomic E-state index is 0.0504. The van der Waals surface area contributed by atoms with Gasteiger partial charge in [0.25, 0.3) is 0 Å². The van der Waals surface area contributed by atoms with Crippen molar-refractivity contribution < 1.29 is 13.5 Å². The number of likely N-dealkylation sites (N-methyl/N-ethyl adjacent to an activating group) is 1. The Morgan fingerprint density at radius 3 is 2.13 bits per heavy atom. The highest BCUT2D eigenvalue weighted by Crippen LogP contribution is 2.14. The summed E-state index contributed by atoms with van der Waals surface area (Å²) in [7, 11) is -2.18. The minimum Gasteiger partial charge on any atom is -0.390 e. The zero-order valence-corrected chi connectivity index (χ0v) is 13.9. The molecule has 0 fully saturated rings. The van der Waals surface area contributed by atoms with Gasteiger partial charge in [-0.3, -0.25) is 0 Å². The predicted octanol–water partition coefficient (Wildman–Crippen LogP) is 1.24. The van der Waals surface area contributed by atoms with Crippen LogP contribution in [0.4, 0.5) is 0 Å². The van der Waals surface area contributed by atoms with Crippen LogP contribution >= 0.6 is 0 Å². The Bertz CT molecular complexity index is 705. The molecule has 0 heterocycles. The summed E-state index contributed by atoms with van der Waals surface area (Å²) in [6.07, 6.45) is -0.458. The number of sulfonamides is 1. The van der Waals surface area contributed by atoms with E-state index in [1.165, 1.54) is 19.2 Å². The van der Waals surface area contributed by atoms with Gasteiger partial charge in [0.1, 0.15) is 0 Å². The molecule has 2 rings (SSSR count). The van der Waals surface area contributed by atoms with Gasteiger partial charge in [0.2, 0.25) is 10.0 Å². The van der Waals surface area contributed by atoms with E-state index in [-0.39, 0.29) is 11.4 Å². The number of aliphatic hydroxyl groups excluding tert-OH is 1. The second kappa shape index (κ2) is 7.70. The Balaban J connectivity index is 2.00. The summed E-state index contributed by atoms with van der Waals surface area (Å²) >= 11 is 0. The van der Waals surface area contributed by atoms with E-state index in [1.807, 2.05) is 30.3 Å². The molecule has 0 aromatic heterocycles. The highest BCUT2D eigenvalue weighted by molar-refractivity contribution is 7.89. The summed E-state index contributed by atoms with van der Waals surface area (Å²) in [6.45, 7) is -0.0504. The number of nitrogens with zero attached hydrogens (tertiary/aromatic N) is 1. The lowest BCUT2D eigenvalue weighted by Gasteiger charge is -2.24. The maximum atomic E-state index is 12.4. The third-order valence-corrected chi connectivity index (χ3v) is 5.54. The first-order valence-corrected chi connectivity index (χ1v) is 8.84. The molecule has 6 heteroatoms. The van der Waals surface area contributed by atoms with Crippen LogP contribution in [0.25, 0.3) is 0 Å². The highest BCUT2D eigenvalue weighted by atomic mass is 32.2. The van der Waals surface area contributed by atoms with Crippen molar-refractivity contribution >= 4 is 10.0 Å². The molecular weight excluding hydrogens is 312 g/mol. The molecule has 3 N–H and O–H groups in total. The summed E-state index contributed by atoms with van der Waals surface area (Å²) in [6, 6.07) is 17.2. The fourth-order valence-corrected chi connectivity index (χ4v) is 3.50. The van der Waals surface area contributed by atoms with Crippen LogP contribution in [-0.2, 0) is 16.4 Å². The van der Waals surface area contributed by atoms with Crippen molar-refractivity contribution in [2.75, 3.05) is 13.6 Å². The summed E-state index contributed by atoms with van der Waals surface area (Å²) in [4.78, 5) is 0.200. The molecule has 0 bridgehead atoms. The molecule has 23 heavy (non-hydrogen) atoms. The third-order valence-electron chi connectivity index (χ3n) is 3.70. The van der Waals surface area contributed by atoms with Crippen molar-refractivity contribution in [3.8, 4) is 0 Å². The Morgan fingerprint density at radius 1 is 1.04 bits per heavy atom. The molecule has 2 atom stereocenters. The zero-order valence-electron chi connectivity index (χ0n) is 13.0. The van der Waals surface area contributed by atoms with Crippen molar-refractivity contribution in [1.29, 1.82) is 0 Å². The van der Waals surface area contributed by atoms with Gasteiger partial charge in [-0.05, 0) is 24.1 Å². The van der Waals surface area contributed by atoms with Gasteiger partial charge in [-0.1, -0.05) is 48.5 Å². The van der Waals surface area contributed by atoms with E-state index in [0.717, 1.165) is 9.87 Å². The van der Waals surface area contributed by atoms with Crippen LogP contribution in [0.2, 0.25) is 0 Å². The van der Waals surface area contributed by atoms with E-state index in [9.17, 15) is 13.5 Å². The van der Waals surface area contributed by atoms with E-state index in [2.05, 4.69) is 0 Å². The summed E-state index contributed by atoms with van der Waals surface area (Å²) in [5, 5.41) is 10.2. The SMILES string of the molecule is CN(C[C@@H](O)[C@@H](N)Cc1ccccc1)S(=O)(=O)c1ccccc1. The van der Waals surface area contributed by atoms with Crippen LogP contribution in [0.3, 0.4) is 0 Å². The first-order chi connectivity index (χ1) is 10.9. The molecule has 2 aromatic carbocycles. The van der Waals surface area contributed by atoms with Crippen LogP contribution in [0.1, 0.15) is 5.56 Å². The van der Waals surface area contributed by atoms with Crippen LogP contribution in [0.5, 0.6) is 0 Å². The summed E-state index contributed by atoms with van der Waals surface area (Å²) in [5.41, 5.74) is 7.02. The largest absolute Gasteiger partial charge is 0.390 e. The lowest BCUT2D eigenvalue weighted by Crippen LogP contribution is -2.45. The number of aliphatic hydroxyl groups is 1. The number of hydrogen-bond acceptors (Lipinski definition) is 4. The highest BCUT2D eigenvalue weighted by Gasteiger charge is 2.25. The van der Waals surface area contributed by atoms with Gasteiger partial charge in [-0.25, -0.2) is 8.42 Å². The maximum absolute atomic E-state index is 12.4. The maximum Gasteiger partial charge on any atom is 0.242 e. The van der Waals surface area contributed by atoms with Gasteiger partial charge >= 0.3 is 0 Å². The van der Waals surface area contributed by atoms with Crippen LogP contribution < -0.4 is 5.73 Å². The predicted molar refractivity (Wildman–Crippen MR) is 90.4 cm³/mol. The molecular formula is C17H22N2O3S. The molecule has 0 unspecified atom stereocenters. The van der Waals surface area contributed by atoms with Crippen molar-refractivity contribution in [1.82, 2.24) is 4.31 Å². The Kier molecular flexibility index (Phi) is 5.90. The van der Waals surface area contributed by atoms with Gasteiger partial charge in [0.15, 0.2) is 0 Å². The molecule has 0 saturated carbocycles. The second-order valence-corrected chi connectivity index (χ2v) is 7.56. The number of hydrogen-bond donors (Lipinski definition) is 2. The molecule has 0 radical (unpaired) electrons. The fraction of sp³-hybridized carbons (Fsp3) is 0.294. The standard InChI is InChI=1S/C17H22N2O3S/c1-19(23(21,22)15-10-6-3-7-11-15)13-17(20)16(18)12-14-8-4-2-5-9-14/h2-11,16-17,20H,12-13,18H2,1H3/t16-,17+/m0/s1. The topological polar surface area (TPSA) is 83.6 Å². The average Bonchev–Trinajstić information content (AvgIpc) is 2.56. The van der Waals surface area contributed by atoms with Crippen molar-refractivity contribution in [2.45, 2.75) is 23.5 Å². The smallest absolute Gasteiger partial charge is 0.242 e. The van der Waals surface area contributed by atoms with Crippen molar-refractivity contribution in [3.63, 3.8) is 0 Å². The first-order valence-electron chi connectivity index (χ1n) is 7.40. The summed E-state index contributed by atoms with van der Waals surface area (Å²) < 4.78 is 26.0. The van der Waals surface area contributed by atoms with Gasteiger partial charge in [-0.2, -0.15) is 4.31 Å². The van der Waals surface area contributed by atoms with Gasteiger partial charge in [0.05, 0.1) is 11.0 Å². The van der Waals surface area contributed by atoms with Gasteiger partial charge in [0, 0.05) is 19.6 Å². The van der Waals surface area contributed by atoms with Gasteiger partial charge < -0.3 is 10.8 Å². The zero-order chi connectivity index (χ0) is 16.9. The Labute approximate surface area is 137 Å². The quantitative estimate of drug-likeness (QED) is 0.798. The Hall–Kier alpha value is -1.73. The van der Waals surface area contributed by atoms with Crippen LogP contribution in [0, 0.1) is 0 Å². The average molecular weight is 334 g/mol. The van der Waals surface area contributed by atoms with Crippen LogP contribution in [-0.4, -0.2) is 43.6 Å². The molecule has 0 amide bonds. The first kappa shape index (κ1) is 17.6. The number of benzene rings is 2. The number of rotatable bonds is 7. The lowest BCUT2D eigenvalue weighted by atomic mass is 10.0.